The second kappa shape index (κ2) is 5.22. The number of rotatable bonds is 1. The minimum Gasteiger partial charge on any atom is -0.465 e. The lowest BCUT2D eigenvalue weighted by Gasteiger charge is -2.03. The van der Waals surface area contributed by atoms with Gasteiger partial charge in [-0.05, 0) is 12.0 Å². The summed E-state index contributed by atoms with van der Waals surface area (Å²) in [6.45, 7) is 6.57. The Hall–Kier alpha value is -1.57. The Balaban J connectivity index is 0.000000461. The Bertz CT molecular complexity index is 292. The Morgan fingerprint density at radius 3 is 2.36 bits per heavy atom. The van der Waals surface area contributed by atoms with Crippen LogP contribution in [0.2, 0.25) is 0 Å². The van der Waals surface area contributed by atoms with Crippen molar-refractivity contribution < 1.29 is 9.53 Å². The highest BCUT2D eigenvalue weighted by atomic mass is 16.5. The van der Waals surface area contributed by atoms with Gasteiger partial charge in [0.2, 0.25) is 0 Å². The lowest BCUT2D eigenvalue weighted by atomic mass is 9.98. The molecule has 1 aliphatic heterocycles. The first-order valence-electron chi connectivity index (χ1n) is 4.59. The first-order valence-corrected chi connectivity index (χ1v) is 4.59. The maximum atomic E-state index is 11.2. The summed E-state index contributed by atoms with van der Waals surface area (Å²) in [5.74, 6) is -0.104. The van der Waals surface area contributed by atoms with Gasteiger partial charge in [-0.25, -0.2) is 0 Å². The molecule has 1 heterocycles. The molecule has 1 fully saturated rings. The van der Waals surface area contributed by atoms with Crippen LogP contribution in [0.5, 0.6) is 0 Å². The Morgan fingerprint density at radius 2 is 1.86 bits per heavy atom. The number of esters is 1. The van der Waals surface area contributed by atoms with Crippen LogP contribution >= 0.6 is 0 Å². The molecule has 1 saturated heterocycles. The number of carbonyl (C=O) groups is 1. The van der Waals surface area contributed by atoms with E-state index in [-0.39, 0.29) is 11.9 Å². The molecule has 0 bridgehead atoms. The van der Waals surface area contributed by atoms with Gasteiger partial charge in [-0.15, -0.1) is 13.2 Å². The predicted molar refractivity (Wildman–Crippen MR) is 56.0 cm³/mol. The van der Waals surface area contributed by atoms with Crippen molar-refractivity contribution in [2.45, 2.75) is 12.3 Å². The highest BCUT2D eigenvalue weighted by Gasteiger charge is 2.27. The molecule has 1 aliphatic rings. The summed E-state index contributed by atoms with van der Waals surface area (Å²) in [7, 11) is 0. The first kappa shape index (κ1) is 10.5. The van der Waals surface area contributed by atoms with Gasteiger partial charge in [0.05, 0.1) is 12.5 Å². The van der Waals surface area contributed by atoms with E-state index in [0.717, 1.165) is 12.0 Å². The molecule has 0 amide bonds. The third-order valence-electron chi connectivity index (χ3n) is 2.14. The minimum absolute atomic E-state index is 0.0220. The summed E-state index contributed by atoms with van der Waals surface area (Å²) < 4.78 is 4.88. The molecule has 0 saturated carbocycles. The fourth-order valence-corrected chi connectivity index (χ4v) is 1.48. The van der Waals surface area contributed by atoms with E-state index < -0.39 is 0 Å². The van der Waals surface area contributed by atoms with Gasteiger partial charge in [0.15, 0.2) is 0 Å². The monoisotopic (exact) mass is 190 g/mol. The van der Waals surface area contributed by atoms with Crippen LogP contribution in [0, 0.1) is 0 Å². The van der Waals surface area contributed by atoms with Gasteiger partial charge in [0, 0.05) is 0 Å². The number of carbonyl (C=O) groups excluding carboxylic acids is 1. The molecule has 2 rings (SSSR count). The molecule has 1 atom stereocenters. The van der Waals surface area contributed by atoms with Gasteiger partial charge >= 0.3 is 5.97 Å². The Kier molecular flexibility index (Phi) is 3.92. The third kappa shape index (κ3) is 2.22. The van der Waals surface area contributed by atoms with Crippen molar-refractivity contribution in [3.8, 4) is 0 Å². The van der Waals surface area contributed by atoms with Crippen molar-refractivity contribution in [3.63, 3.8) is 0 Å². The van der Waals surface area contributed by atoms with Gasteiger partial charge < -0.3 is 4.74 Å². The van der Waals surface area contributed by atoms with Gasteiger partial charge in [0.1, 0.15) is 0 Å². The molecule has 0 aliphatic carbocycles. The predicted octanol–water partition coefficient (Wildman–Crippen LogP) is 2.52. The van der Waals surface area contributed by atoms with Gasteiger partial charge in [-0.3, -0.25) is 4.79 Å². The maximum Gasteiger partial charge on any atom is 0.313 e. The van der Waals surface area contributed by atoms with E-state index in [1.165, 1.54) is 0 Å². The van der Waals surface area contributed by atoms with Crippen LogP contribution in [-0.4, -0.2) is 12.6 Å². The Morgan fingerprint density at radius 1 is 1.21 bits per heavy atom. The van der Waals surface area contributed by atoms with Crippen molar-refractivity contribution in [2.75, 3.05) is 6.61 Å². The summed E-state index contributed by atoms with van der Waals surface area (Å²) in [4.78, 5) is 11.2. The number of hydrogen-bond donors (Lipinski definition) is 0. The third-order valence-corrected chi connectivity index (χ3v) is 2.14. The maximum absolute atomic E-state index is 11.2. The van der Waals surface area contributed by atoms with Crippen molar-refractivity contribution in [3.05, 3.63) is 49.1 Å². The highest BCUT2D eigenvalue weighted by molar-refractivity contribution is 5.79. The summed E-state index contributed by atoms with van der Waals surface area (Å²) in [5.41, 5.74) is 1.07. The lowest BCUT2D eigenvalue weighted by Crippen LogP contribution is -2.04. The standard InChI is InChI=1S/C10H10O2.C2H4/c11-10-9(6-7-12-10)8-4-2-1-3-5-8;1-2/h1-5,9H,6-7H2;1-2H2. The van der Waals surface area contributed by atoms with Crippen LogP contribution in [-0.2, 0) is 9.53 Å². The van der Waals surface area contributed by atoms with E-state index in [1.807, 2.05) is 30.3 Å². The lowest BCUT2D eigenvalue weighted by molar-refractivity contribution is -0.139. The van der Waals surface area contributed by atoms with E-state index in [9.17, 15) is 4.79 Å². The second-order valence-corrected chi connectivity index (χ2v) is 2.92. The smallest absolute Gasteiger partial charge is 0.313 e. The average Bonchev–Trinajstić information content (AvgIpc) is 2.69. The fraction of sp³-hybridized carbons (Fsp3) is 0.250. The van der Waals surface area contributed by atoms with Crippen molar-refractivity contribution >= 4 is 5.97 Å². The second-order valence-electron chi connectivity index (χ2n) is 2.92. The number of cyclic esters (lactones) is 1. The van der Waals surface area contributed by atoms with Crippen LogP contribution in [0.25, 0.3) is 0 Å². The van der Waals surface area contributed by atoms with Gasteiger partial charge in [-0.1, -0.05) is 30.3 Å². The number of benzene rings is 1. The molecule has 0 N–H and O–H groups in total. The van der Waals surface area contributed by atoms with E-state index >= 15 is 0 Å². The minimum atomic E-state index is -0.0822. The summed E-state index contributed by atoms with van der Waals surface area (Å²) >= 11 is 0. The summed E-state index contributed by atoms with van der Waals surface area (Å²) in [6.07, 6.45) is 0.822. The molecule has 0 spiro atoms. The van der Waals surface area contributed by atoms with Crippen molar-refractivity contribution in [1.29, 1.82) is 0 Å². The molecule has 1 aromatic rings. The Labute approximate surface area is 84.2 Å². The summed E-state index contributed by atoms with van der Waals surface area (Å²) in [5, 5.41) is 0. The molecular formula is C12H14O2. The van der Waals surface area contributed by atoms with E-state index in [2.05, 4.69) is 13.2 Å². The molecule has 0 radical (unpaired) electrons. The number of hydrogen-bond acceptors (Lipinski definition) is 2. The van der Waals surface area contributed by atoms with Gasteiger partial charge in [-0.2, -0.15) is 0 Å². The zero-order valence-electron chi connectivity index (χ0n) is 8.11. The first-order chi connectivity index (χ1) is 6.88. The van der Waals surface area contributed by atoms with Crippen LogP contribution in [0.4, 0.5) is 0 Å². The highest BCUT2D eigenvalue weighted by Crippen LogP contribution is 2.25. The number of ether oxygens (including phenoxy) is 1. The molecule has 1 aromatic carbocycles. The van der Waals surface area contributed by atoms with Crippen LogP contribution in [0.1, 0.15) is 17.9 Å². The molecule has 0 aromatic heterocycles. The van der Waals surface area contributed by atoms with Crippen LogP contribution in [0.15, 0.2) is 43.5 Å². The van der Waals surface area contributed by atoms with E-state index in [0.29, 0.717) is 6.61 Å². The molecule has 2 nitrogen and oxygen atoms in total. The van der Waals surface area contributed by atoms with E-state index in [4.69, 9.17) is 4.74 Å². The molecular weight excluding hydrogens is 176 g/mol. The quantitative estimate of drug-likeness (QED) is 0.502. The normalized spacial score (nSPS) is 19.4. The van der Waals surface area contributed by atoms with Crippen LogP contribution in [0.3, 0.4) is 0 Å². The zero-order valence-corrected chi connectivity index (χ0v) is 8.11. The van der Waals surface area contributed by atoms with Crippen molar-refractivity contribution in [2.24, 2.45) is 0 Å². The largest absolute Gasteiger partial charge is 0.465 e. The summed E-state index contributed by atoms with van der Waals surface area (Å²) in [6, 6.07) is 9.78. The topological polar surface area (TPSA) is 26.3 Å². The average molecular weight is 190 g/mol. The SMILES string of the molecule is C=C.O=C1OCCC1c1ccccc1. The molecule has 1 unspecified atom stereocenters. The molecule has 2 heteroatoms. The van der Waals surface area contributed by atoms with Crippen LogP contribution < -0.4 is 0 Å². The fourth-order valence-electron chi connectivity index (χ4n) is 1.48. The molecule has 74 valence electrons. The van der Waals surface area contributed by atoms with Gasteiger partial charge in [0.25, 0.3) is 0 Å². The van der Waals surface area contributed by atoms with Crippen molar-refractivity contribution in [1.82, 2.24) is 0 Å². The van der Waals surface area contributed by atoms with E-state index in [1.54, 1.807) is 0 Å². The molecule has 14 heavy (non-hydrogen) atoms. The zero-order chi connectivity index (χ0) is 10.4.